The van der Waals surface area contributed by atoms with Crippen molar-refractivity contribution in [2.75, 3.05) is 20.3 Å². The van der Waals surface area contributed by atoms with E-state index < -0.39 is 24.3 Å². The SMILES string of the molecule is CN(Cc1c(F)cccc1Cl)C(=O)COC(=O)COc1cccc2c1OC(C)(C)C2. The minimum absolute atomic E-state index is 0.0400. The zero-order valence-corrected chi connectivity index (χ0v) is 17.8. The fourth-order valence-corrected chi connectivity index (χ4v) is 3.36. The molecule has 1 aliphatic rings. The zero-order valence-electron chi connectivity index (χ0n) is 17.0. The Balaban J connectivity index is 1.49. The van der Waals surface area contributed by atoms with Crippen molar-refractivity contribution >= 4 is 23.5 Å². The van der Waals surface area contributed by atoms with E-state index in [4.69, 9.17) is 25.8 Å². The maximum absolute atomic E-state index is 13.9. The summed E-state index contributed by atoms with van der Waals surface area (Å²) in [5.74, 6) is -0.627. The number of hydrogen-bond donors (Lipinski definition) is 0. The van der Waals surface area contributed by atoms with Gasteiger partial charge in [-0.15, -0.1) is 0 Å². The number of hydrogen-bond acceptors (Lipinski definition) is 5. The number of fused-ring (bicyclic) bond motifs is 1. The number of amides is 1. The van der Waals surface area contributed by atoms with Gasteiger partial charge < -0.3 is 19.1 Å². The average molecular weight is 436 g/mol. The summed E-state index contributed by atoms with van der Waals surface area (Å²) in [6.45, 7) is 3.06. The third kappa shape index (κ3) is 5.21. The highest BCUT2D eigenvalue weighted by molar-refractivity contribution is 6.31. The first-order valence-electron chi connectivity index (χ1n) is 9.42. The maximum Gasteiger partial charge on any atom is 0.344 e. The van der Waals surface area contributed by atoms with Crippen LogP contribution in [0.1, 0.15) is 25.0 Å². The van der Waals surface area contributed by atoms with E-state index in [9.17, 15) is 14.0 Å². The van der Waals surface area contributed by atoms with Crippen molar-refractivity contribution in [2.45, 2.75) is 32.4 Å². The lowest BCUT2D eigenvalue weighted by Crippen LogP contribution is -2.32. The Morgan fingerprint density at radius 3 is 2.67 bits per heavy atom. The molecular weight excluding hydrogens is 413 g/mol. The van der Waals surface area contributed by atoms with E-state index in [-0.39, 0.29) is 29.3 Å². The minimum Gasteiger partial charge on any atom is -0.483 e. The summed E-state index contributed by atoms with van der Waals surface area (Å²) >= 11 is 5.97. The molecule has 3 rings (SSSR count). The first kappa shape index (κ1) is 21.9. The number of para-hydroxylation sites is 1. The highest BCUT2D eigenvalue weighted by atomic mass is 35.5. The second-order valence-corrected chi connectivity index (χ2v) is 8.09. The molecule has 160 valence electrons. The summed E-state index contributed by atoms with van der Waals surface area (Å²) in [7, 11) is 1.47. The molecule has 2 aromatic rings. The van der Waals surface area contributed by atoms with Crippen LogP contribution in [0.4, 0.5) is 4.39 Å². The number of esters is 1. The van der Waals surface area contributed by atoms with Gasteiger partial charge in [0.25, 0.3) is 5.91 Å². The summed E-state index contributed by atoms with van der Waals surface area (Å²) in [6, 6.07) is 9.79. The molecule has 2 aromatic carbocycles. The fourth-order valence-electron chi connectivity index (χ4n) is 3.14. The Labute approximate surface area is 179 Å². The van der Waals surface area contributed by atoms with Crippen LogP contribution in [0, 0.1) is 5.82 Å². The second-order valence-electron chi connectivity index (χ2n) is 7.68. The monoisotopic (exact) mass is 435 g/mol. The molecule has 1 aliphatic heterocycles. The molecule has 0 N–H and O–H groups in total. The molecule has 0 bridgehead atoms. The van der Waals surface area contributed by atoms with Gasteiger partial charge in [-0.3, -0.25) is 4.79 Å². The van der Waals surface area contributed by atoms with Gasteiger partial charge in [-0.1, -0.05) is 29.8 Å². The van der Waals surface area contributed by atoms with Gasteiger partial charge in [-0.05, 0) is 32.0 Å². The van der Waals surface area contributed by atoms with Crippen LogP contribution in [-0.4, -0.2) is 42.6 Å². The number of carbonyl (C=O) groups excluding carboxylic acids is 2. The Hall–Kier alpha value is -2.80. The fraction of sp³-hybridized carbons (Fsp3) is 0.364. The summed E-state index contributed by atoms with van der Waals surface area (Å²) in [5, 5.41) is 0.223. The molecule has 0 atom stereocenters. The summed E-state index contributed by atoms with van der Waals surface area (Å²) < 4.78 is 30.3. The zero-order chi connectivity index (χ0) is 21.9. The van der Waals surface area contributed by atoms with Crippen LogP contribution in [0.15, 0.2) is 36.4 Å². The Morgan fingerprint density at radius 2 is 1.93 bits per heavy atom. The lowest BCUT2D eigenvalue weighted by molar-refractivity contribution is -0.153. The number of likely N-dealkylation sites (N-methyl/N-ethyl adjacent to an activating group) is 1. The molecule has 0 radical (unpaired) electrons. The van der Waals surface area contributed by atoms with Gasteiger partial charge in [-0.2, -0.15) is 0 Å². The van der Waals surface area contributed by atoms with E-state index in [0.717, 1.165) is 12.0 Å². The summed E-state index contributed by atoms with van der Waals surface area (Å²) in [6.07, 6.45) is 0.747. The second kappa shape index (κ2) is 8.92. The predicted octanol–water partition coefficient (Wildman–Crippen LogP) is 3.77. The molecule has 0 aromatic heterocycles. The number of ether oxygens (including phenoxy) is 3. The number of benzene rings is 2. The van der Waals surface area contributed by atoms with Crippen LogP contribution in [-0.2, 0) is 27.3 Å². The predicted molar refractivity (Wildman–Crippen MR) is 109 cm³/mol. The largest absolute Gasteiger partial charge is 0.483 e. The van der Waals surface area contributed by atoms with E-state index in [2.05, 4.69) is 0 Å². The van der Waals surface area contributed by atoms with Crippen molar-refractivity contribution in [1.82, 2.24) is 4.90 Å². The van der Waals surface area contributed by atoms with E-state index in [1.165, 1.54) is 24.1 Å². The standard InChI is InChI=1S/C22H23ClFNO5/c1-22(2)10-14-6-4-9-18(21(14)30-22)28-13-20(27)29-12-19(26)25(3)11-15-16(23)7-5-8-17(15)24/h4-9H,10-13H2,1-3H3. The van der Waals surface area contributed by atoms with Gasteiger partial charge in [0.15, 0.2) is 24.7 Å². The van der Waals surface area contributed by atoms with Gasteiger partial charge in [0.1, 0.15) is 11.4 Å². The van der Waals surface area contributed by atoms with Crippen molar-refractivity contribution in [3.63, 3.8) is 0 Å². The van der Waals surface area contributed by atoms with Crippen molar-refractivity contribution in [1.29, 1.82) is 0 Å². The molecule has 0 spiro atoms. The minimum atomic E-state index is -0.699. The molecule has 0 fully saturated rings. The van der Waals surface area contributed by atoms with Gasteiger partial charge >= 0.3 is 5.97 Å². The molecule has 0 saturated heterocycles. The first-order chi connectivity index (χ1) is 14.2. The third-order valence-electron chi connectivity index (χ3n) is 4.64. The van der Waals surface area contributed by atoms with Crippen LogP contribution in [0.2, 0.25) is 5.02 Å². The van der Waals surface area contributed by atoms with Gasteiger partial charge in [0.05, 0.1) is 0 Å². The van der Waals surface area contributed by atoms with E-state index in [0.29, 0.717) is 11.5 Å². The highest BCUT2D eigenvalue weighted by Gasteiger charge is 2.32. The molecule has 0 aliphatic carbocycles. The summed E-state index contributed by atoms with van der Waals surface area (Å²) in [4.78, 5) is 25.4. The smallest absolute Gasteiger partial charge is 0.344 e. The maximum atomic E-state index is 13.9. The van der Waals surface area contributed by atoms with E-state index in [1.54, 1.807) is 12.1 Å². The summed E-state index contributed by atoms with van der Waals surface area (Å²) in [5.41, 5.74) is 0.875. The van der Waals surface area contributed by atoms with Gasteiger partial charge in [0.2, 0.25) is 0 Å². The molecular formula is C22H23ClFNO5. The molecule has 0 unspecified atom stereocenters. The number of nitrogens with zero attached hydrogens (tertiary/aromatic N) is 1. The Kier molecular flexibility index (Phi) is 6.51. The molecule has 1 heterocycles. The molecule has 6 nitrogen and oxygen atoms in total. The van der Waals surface area contributed by atoms with Crippen molar-refractivity contribution < 1.29 is 28.2 Å². The Bertz CT molecular complexity index is 942. The third-order valence-corrected chi connectivity index (χ3v) is 4.99. The quantitative estimate of drug-likeness (QED) is 0.619. The lowest BCUT2D eigenvalue weighted by atomic mass is 10.0. The van der Waals surface area contributed by atoms with E-state index >= 15 is 0 Å². The van der Waals surface area contributed by atoms with Crippen LogP contribution < -0.4 is 9.47 Å². The van der Waals surface area contributed by atoms with Crippen LogP contribution in [0.5, 0.6) is 11.5 Å². The number of halogens is 2. The van der Waals surface area contributed by atoms with Crippen molar-refractivity contribution in [3.05, 3.63) is 58.4 Å². The highest BCUT2D eigenvalue weighted by Crippen LogP contribution is 2.41. The molecule has 0 saturated carbocycles. The van der Waals surface area contributed by atoms with Crippen LogP contribution >= 0.6 is 11.6 Å². The van der Waals surface area contributed by atoms with Crippen LogP contribution in [0.25, 0.3) is 0 Å². The van der Waals surface area contributed by atoms with Gasteiger partial charge in [0, 0.05) is 36.2 Å². The van der Waals surface area contributed by atoms with E-state index in [1.807, 2.05) is 26.0 Å². The van der Waals surface area contributed by atoms with Crippen LogP contribution in [0.3, 0.4) is 0 Å². The first-order valence-corrected chi connectivity index (χ1v) is 9.80. The molecule has 30 heavy (non-hydrogen) atoms. The normalized spacial score (nSPS) is 13.9. The Morgan fingerprint density at radius 1 is 1.20 bits per heavy atom. The van der Waals surface area contributed by atoms with Crippen molar-refractivity contribution in [3.8, 4) is 11.5 Å². The topological polar surface area (TPSA) is 65.1 Å². The van der Waals surface area contributed by atoms with Crippen molar-refractivity contribution in [2.24, 2.45) is 0 Å². The number of carbonyl (C=O) groups is 2. The molecule has 1 amide bonds. The number of rotatable bonds is 7. The average Bonchev–Trinajstić information content (AvgIpc) is 3.01. The molecule has 8 heteroatoms. The lowest BCUT2D eigenvalue weighted by Gasteiger charge is -2.19. The van der Waals surface area contributed by atoms with Gasteiger partial charge in [-0.25, -0.2) is 9.18 Å².